The predicted octanol–water partition coefficient (Wildman–Crippen LogP) is -0.465. The number of ether oxygens (including phenoxy) is 1. The van der Waals surface area contributed by atoms with E-state index in [0.29, 0.717) is 17.1 Å². The number of hydrazine groups is 1. The fraction of sp³-hybridized carbons (Fsp3) is 0.412. The van der Waals surface area contributed by atoms with E-state index in [-0.39, 0.29) is 19.0 Å². The van der Waals surface area contributed by atoms with Crippen LogP contribution in [-0.4, -0.2) is 62.7 Å². The number of aliphatic hydroxyl groups excluding tert-OH is 3. The molecule has 10 heteroatoms. The normalized spacial score (nSPS) is 27.2. The number of benzene rings is 1. The maximum Gasteiger partial charge on any atom is 0.165 e. The van der Waals surface area contributed by atoms with Crippen LogP contribution in [0.5, 0.6) is 0 Å². The van der Waals surface area contributed by atoms with Gasteiger partial charge >= 0.3 is 0 Å². The van der Waals surface area contributed by atoms with Crippen molar-refractivity contribution in [2.45, 2.75) is 31.1 Å². The van der Waals surface area contributed by atoms with Gasteiger partial charge < -0.3 is 20.1 Å². The molecule has 27 heavy (non-hydrogen) atoms. The number of aromatic nitrogens is 2. The third kappa shape index (κ3) is 3.22. The molecular formula is C17H20FN5O4. The van der Waals surface area contributed by atoms with Crippen molar-refractivity contribution < 1.29 is 24.4 Å². The van der Waals surface area contributed by atoms with Gasteiger partial charge in [0.15, 0.2) is 12.0 Å². The van der Waals surface area contributed by atoms with Crippen LogP contribution < -0.4 is 10.4 Å². The van der Waals surface area contributed by atoms with Gasteiger partial charge in [0.1, 0.15) is 36.5 Å². The highest BCUT2D eigenvalue weighted by atomic mass is 19.1. The van der Waals surface area contributed by atoms with Crippen LogP contribution in [0.15, 0.2) is 35.6 Å². The number of aliphatic imine (C=N–C) groups is 1. The molecule has 1 aromatic carbocycles. The second-order valence-electron chi connectivity index (χ2n) is 6.40. The fourth-order valence-corrected chi connectivity index (χ4v) is 3.26. The zero-order valence-corrected chi connectivity index (χ0v) is 14.3. The van der Waals surface area contributed by atoms with E-state index in [2.05, 4.69) is 15.4 Å². The van der Waals surface area contributed by atoms with Gasteiger partial charge in [-0.15, -0.1) is 0 Å². The minimum atomic E-state index is -1.23. The van der Waals surface area contributed by atoms with Crippen LogP contribution >= 0.6 is 0 Å². The number of imidazole rings is 1. The highest BCUT2D eigenvalue weighted by molar-refractivity contribution is 5.86. The Balaban J connectivity index is 1.58. The Morgan fingerprint density at radius 2 is 2.07 bits per heavy atom. The lowest BCUT2D eigenvalue weighted by Gasteiger charge is -2.29. The van der Waals surface area contributed by atoms with Crippen molar-refractivity contribution in [2.75, 3.05) is 18.3 Å². The summed E-state index contributed by atoms with van der Waals surface area (Å²) in [5.74, 6) is 0.249. The third-order valence-corrected chi connectivity index (χ3v) is 4.70. The van der Waals surface area contributed by atoms with Crippen molar-refractivity contribution in [1.29, 1.82) is 0 Å². The van der Waals surface area contributed by atoms with Crippen LogP contribution in [0.2, 0.25) is 0 Å². The van der Waals surface area contributed by atoms with Gasteiger partial charge in [-0.25, -0.2) is 14.8 Å². The van der Waals surface area contributed by atoms with Crippen molar-refractivity contribution >= 4 is 12.0 Å². The highest BCUT2D eigenvalue weighted by Crippen LogP contribution is 2.34. The van der Waals surface area contributed by atoms with E-state index in [1.807, 2.05) is 0 Å². The molecule has 1 saturated heterocycles. The Morgan fingerprint density at radius 1 is 1.26 bits per heavy atom. The summed E-state index contributed by atoms with van der Waals surface area (Å²) in [5, 5.41) is 31.3. The molecule has 0 radical (unpaired) electrons. The van der Waals surface area contributed by atoms with Gasteiger partial charge in [-0.2, -0.15) is 0 Å². The minimum absolute atomic E-state index is 0.225. The van der Waals surface area contributed by atoms with Crippen LogP contribution in [-0.2, 0) is 11.3 Å². The molecule has 4 rings (SSSR count). The summed E-state index contributed by atoms with van der Waals surface area (Å²) in [4.78, 5) is 8.47. The molecule has 4 N–H and O–H groups in total. The van der Waals surface area contributed by atoms with Crippen LogP contribution in [0.1, 0.15) is 17.5 Å². The minimum Gasteiger partial charge on any atom is -0.394 e. The molecule has 4 atom stereocenters. The van der Waals surface area contributed by atoms with Crippen LogP contribution in [0.4, 0.5) is 10.2 Å². The van der Waals surface area contributed by atoms with Crippen molar-refractivity contribution in [3.8, 4) is 0 Å². The van der Waals surface area contributed by atoms with E-state index in [1.54, 1.807) is 34.0 Å². The Bertz CT molecular complexity index is 844. The number of fused-ring (bicyclic) bond motifs is 1. The standard InChI is InChI=1S/C17H20FN5O4/c18-11-4-2-1-3-10(11)5-21-23-8-19-6-12-16(23)22(9-20-12)17-15(26)14(25)13(7-24)27-17/h1-4,6,9,13-15,17,21,24-26H,5,7-8H2/t13-,14-,15+,17?/m1/s1. The lowest BCUT2D eigenvalue weighted by Crippen LogP contribution is -2.42. The molecule has 1 fully saturated rings. The summed E-state index contributed by atoms with van der Waals surface area (Å²) < 4.78 is 21.0. The first kappa shape index (κ1) is 18.0. The largest absolute Gasteiger partial charge is 0.394 e. The van der Waals surface area contributed by atoms with Crippen LogP contribution in [0.25, 0.3) is 0 Å². The molecule has 9 nitrogen and oxygen atoms in total. The topological polar surface area (TPSA) is 115 Å². The smallest absolute Gasteiger partial charge is 0.165 e. The molecule has 0 aliphatic carbocycles. The van der Waals surface area contributed by atoms with Crippen molar-refractivity contribution in [3.05, 3.63) is 47.7 Å². The van der Waals surface area contributed by atoms with Crippen LogP contribution in [0.3, 0.4) is 0 Å². The molecule has 144 valence electrons. The molecule has 0 amide bonds. The van der Waals surface area contributed by atoms with Gasteiger partial charge in [-0.1, -0.05) is 18.2 Å². The fourth-order valence-electron chi connectivity index (χ4n) is 3.26. The van der Waals surface area contributed by atoms with E-state index in [4.69, 9.17) is 4.74 Å². The number of hydrogen-bond acceptors (Lipinski definition) is 8. The lowest BCUT2D eigenvalue weighted by atomic mass is 10.1. The average Bonchev–Trinajstić information content (AvgIpc) is 3.23. The van der Waals surface area contributed by atoms with Crippen molar-refractivity contribution in [2.24, 2.45) is 4.99 Å². The Hall–Kier alpha value is -2.37. The summed E-state index contributed by atoms with van der Waals surface area (Å²) >= 11 is 0. The second-order valence-corrected chi connectivity index (χ2v) is 6.40. The molecule has 2 aromatic rings. The Kier molecular flexibility index (Phi) is 4.89. The first-order valence-electron chi connectivity index (χ1n) is 8.53. The molecular weight excluding hydrogens is 357 g/mol. The summed E-state index contributed by atoms with van der Waals surface area (Å²) in [7, 11) is 0. The molecule has 2 aliphatic rings. The van der Waals surface area contributed by atoms with Gasteiger partial charge in [-0.05, 0) is 6.07 Å². The van der Waals surface area contributed by atoms with E-state index in [9.17, 15) is 19.7 Å². The van der Waals surface area contributed by atoms with Gasteiger partial charge in [-0.3, -0.25) is 14.6 Å². The van der Waals surface area contributed by atoms with E-state index >= 15 is 0 Å². The third-order valence-electron chi connectivity index (χ3n) is 4.70. The zero-order chi connectivity index (χ0) is 19.0. The van der Waals surface area contributed by atoms with Gasteiger partial charge in [0, 0.05) is 12.1 Å². The summed E-state index contributed by atoms with van der Waals surface area (Å²) in [6, 6.07) is 6.45. The summed E-state index contributed by atoms with van der Waals surface area (Å²) in [6.07, 6.45) is -1.19. The summed E-state index contributed by atoms with van der Waals surface area (Å²) in [6.45, 7) is 0.0625. The molecule has 3 heterocycles. The van der Waals surface area contributed by atoms with Crippen molar-refractivity contribution in [3.63, 3.8) is 0 Å². The van der Waals surface area contributed by atoms with E-state index in [1.165, 1.54) is 12.4 Å². The number of nitrogens with zero attached hydrogens (tertiary/aromatic N) is 4. The SMILES string of the molecule is OC[C@H]1OC(n2cnc3c2N(NCc2ccccc2F)CN=C3)[C@@H](O)[C@@H]1O. The number of halogens is 1. The van der Waals surface area contributed by atoms with Gasteiger partial charge in [0.05, 0.1) is 19.1 Å². The van der Waals surface area contributed by atoms with Crippen LogP contribution in [0, 0.1) is 5.82 Å². The number of hydrogen-bond donors (Lipinski definition) is 4. The number of nitrogens with one attached hydrogen (secondary N) is 1. The summed E-state index contributed by atoms with van der Waals surface area (Å²) in [5.41, 5.74) is 4.14. The average molecular weight is 377 g/mol. The number of rotatable bonds is 5. The number of aliphatic hydroxyl groups is 3. The maximum atomic E-state index is 13.9. The molecule has 2 aliphatic heterocycles. The molecule has 0 saturated carbocycles. The highest BCUT2D eigenvalue weighted by Gasteiger charge is 2.44. The van der Waals surface area contributed by atoms with Crippen molar-refractivity contribution in [1.82, 2.24) is 15.0 Å². The predicted molar refractivity (Wildman–Crippen MR) is 93.4 cm³/mol. The molecule has 0 spiro atoms. The number of anilines is 1. The maximum absolute atomic E-state index is 13.9. The molecule has 1 unspecified atom stereocenters. The van der Waals surface area contributed by atoms with Gasteiger partial charge in [0.25, 0.3) is 0 Å². The first-order chi connectivity index (χ1) is 13.1. The Morgan fingerprint density at radius 3 is 2.81 bits per heavy atom. The monoisotopic (exact) mass is 377 g/mol. The van der Waals surface area contributed by atoms with E-state index < -0.39 is 31.1 Å². The zero-order valence-electron chi connectivity index (χ0n) is 14.3. The Labute approximate surface area is 154 Å². The quantitative estimate of drug-likeness (QED) is 0.557. The molecule has 1 aromatic heterocycles. The lowest BCUT2D eigenvalue weighted by molar-refractivity contribution is -0.0522. The second kappa shape index (κ2) is 7.33. The first-order valence-corrected chi connectivity index (χ1v) is 8.53. The van der Waals surface area contributed by atoms with E-state index in [0.717, 1.165) is 0 Å². The molecule has 0 bridgehead atoms. The van der Waals surface area contributed by atoms with Gasteiger partial charge in [0.2, 0.25) is 0 Å².